The Hall–Kier alpha value is -0.900. The van der Waals surface area contributed by atoms with Crippen molar-refractivity contribution < 1.29 is 19.1 Å². The van der Waals surface area contributed by atoms with Crippen LogP contribution in [0.3, 0.4) is 0 Å². The number of carbonyl (C=O) groups is 2. The van der Waals surface area contributed by atoms with Crippen molar-refractivity contribution >= 4 is 11.8 Å². The Labute approximate surface area is 85.6 Å². The van der Waals surface area contributed by atoms with Crippen LogP contribution in [-0.2, 0) is 19.1 Å². The number of ketones is 1. The maximum absolute atomic E-state index is 10.3. The summed E-state index contributed by atoms with van der Waals surface area (Å²) in [6, 6.07) is 0. The van der Waals surface area contributed by atoms with Gasteiger partial charge in [0.05, 0.1) is 6.61 Å². The summed E-state index contributed by atoms with van der Waals surface area (Å²) in [6.45, 7) is 7.05. The zero-order valence-electron chi connectivity index (χ0n) is 9.62. The van der Waals surface area contributed by atoms with Crippen LogP contribution in [0.15, 0.2) is 0 Å². The van der Waals surface area contributed by atoms with Crippen LogP contribution in [-0.4, -0.2) is 31.6 Å². The van der Waals surface area contributed by atoms with Gasteiger partial charge in [-0.1, -0.05) is 6.92 Å². The number of ether oxygens (including phenoxy) is 2. The van der Waals surface area contributed by atoms with E-state index < -0.39 is 0 Å². The molecular weight excluding hydrogens is 184 g/mol. The van der Waals surface area contributed by atoms with E-state index in [4.69, 9.17) is 9.47 Å². The maximum Gasteiger partial charge on any atom is 0.302 e. The molecule has 1 atom stereocenters. The van der Waals surface area contributed by atoms with Crippen LogP contribution in [0.25, 0.3) is 0 Å². The average Bonchev–Trinajstić information content (AvgIpc) is 2.04. The average molecular weight is 204 g/mol. The molecule has 0 aromatic carbocycles. The third kappa shape index (κ3) is 17.3. The van der Waals surface area contributed by atoms with Gasteiger partial charge in [0, 0.05) is 20.5 Å². The molecule has 0 bridgehead atoms. The van der Waals surface area contributed by atoms with E-state index >= 15 is 0 Å². The van der Waals surface area contributed by atoms with Crippen LogP contribution >= 0.6 is 0 Å². The van der Waals surface area contributed by atoms with Crippen molar-refractivity contribution in [3.8, 4) is 0 Å². The van der Waals surface area contributed by atoms with Gasteiger partial charge in [-0.05, 0) is 13.8 Å². The Morgan fingerprint density at radius 3 is 1.93 bits per heavy atom. The molecule has 0 saturated carbocycles. The second-order valence-corrected chi connectivity index (χ2v) is 2.93. The first kappa shape index (κ1) is 15.6. The Morgan fingerprint density at radius 2 is 1.71 bits per heavy atom. The van der Waals surface area contributed by atoms with Gasteiger partial charge in [-0.25, -0.2) is 0 Å². The standard InChI is InChI=1S/C6H12O3.C4H8O/c1-5(4-8-3)9-6(2)7;1-3-4(2)5/h5H,4H2,1-3H3;3H2,1-2H3. The molecule has 84 valence electrons. The Bertz CT molecular complexity index is 166. The van der Waals surface area contributed by atoms with Crippen LogP contribution < -0.4 is 0 Å². The second kappa shape index (κ2) is 10.2. The molecule has 0 spiro atoms. The van der Waals surface area contributed by atoms with Crippen LogP contribution in [0.2, 0.25) is 0 Å². The highest BCUT2D eigenvalue weighted by molar-refractivity contribution is 5.74. The number of rotatable bonds is 4. The van der Waals surface area contributed by atoms with E-state index in [1.807, 2.05) is 6.92 Å². The number of methoxy groups -OCH3 is 1. The first-order valence-electron chi connectivity index (χ1n) is 4.59. The molecule has 0 aromatic heterocycles. The molecule has 0 rings (SSSR count). The predicted octanol–water partition coefficient (Wildman–Crippen LogP) is 1.57. The molecule has 0 aliphatic carbocycles. The zero-order chi connectivity index (χ0) is 11.6. The monoisotopic (exact) mass is 204 g/mol. The van der Waals surface area contributed by atoms with E-state index in [1.165, 1.54) is 6.92 Å². The molecule has 14 heavy (non-hydrogen) atoms. The van der Waals surface area contributed by atoms with Crippen LogP contribution in [0.1, 0.15) is 34.1 Å². The van der Waals surface area contributed by atoms with Crippen molar-refractivity contribution in [1.82, 2.24) is 0 Å². The Kier molecular flexibility index (Phi) is 11.3. The van der Waals surface area contributed by atoms with Crippen LogP contribution in [0.5, 0.6) is 0 Å². The van der Waals surface area contributed by atoms with Crippen molar-refractivity contribution in [2.45, 2.75) is 40.2 Å². The van der Waals surface area contributed by atoms with Gasteiger partial charge in [0.25, 0.3) is 0 Å². The van der Waals surface area contributed by atoms with E-state index in [-0.39, 0.29) is 17.9 Å². The fourth-order valence-corrected chi connectivity index (χ4v) is 0.552. The van der Waals surface area contributed by atoms with Crippen molar-refractivity contribution in [3.63, 3.8) is 0 Å². The largest absolute Gasteiger partial charge is 0.460 e. The molecule has 4 nitrogen and oxygen atoms in total. The van der Waals surface area contributed by atoms with Gasteiger partial charge in [-0.2, -0.15) is 0 Å². The first-order chi connectivity index (χ1) is 6.43. The lowest BCUT2D eigenvalue weighted by atomic mass is 10.4. The highest BCUT2D eigenvalue weighted by Crippen LogP contribution is 1.90. The zero-order valence-corrected chi connectivity index (χ0v) is 9.62. The summed E-state index contributed by atoms with van der Waals surface area (Å²) in [5.41, 5.74) is 0. The summed E-state index contributed by atoms with van der Waals surface area (Å²) in [6.07, 6.45) is 0.535. The number of Topliss-reactive ketones (excluding diaryl/α,β-unsaturated/α-hetero) is 1. The van der Waals surface area contributed by atoms with E-state index in [0.29, 0.717) is 13.0 Å². The summed E-state index contributed by atoms with van der Waals surface area (Å²) in [7, 11) is 1.57. The quantitative estimate of drug-likeness (QED) is 0.652. The molecular formula is C10H20O4. The molecule has 0 radical (unpaired) electrons. The smallest absolute Gasteiger partial charge is 0.302 e. The molecule has 0 aliphatic rings. The topological polar surface area (TPSA) is 52.6 Å². The number of hydrogen-bond acceptors (Lipinski definition) is 4. The first-order valence-corrected chi connectivity index (χ1v) is 4.59. The lowest BCUT2D eigenvalue weighted by molar-refractivity contribution is -0.147. The minimum atomic E-state index is -0.264. The maximum atomic E-state index is 10.3. The summed E-state index contributed by atoms with van der Waals surface area (Å²) in [5.74, 6) is -0.00968. The lowest BCUT2D eigenvalue weighted by Gasteiger charge is -2.08. The minimum Gasteiger partial charge on any atom is -0.460 e. The van der Waals surface area contributed by atoms with Gasteiger partial charge in [0.2, 0.25) is 0 Å². The summed E-state index contributed by atoms with van der Waals surface area (Å²) in [4.78, 5) is 20.1. The molecule has 4 heteroatoms. The van der Waals surface area contributed by atoms with Gasteiger partial charge in [0.1, 0.15) is 11.9 Å². The summed E-state index contributed by atoms with van der Waals surface area (Å²) < 4.78 is 9.45. The van der Waals surface area contributed by atoms with Crippen LogP contribution in [0, 0.1) is 0 Å². The molecule has 0 aromatic rings. The number of esters is 1. The molecule has 0 saturated heterocycles. The van der Waals surface area contributed by atoms with Crippen LogP contribution in [0.4, 0.5) is 0 Å². The molecule has 0 N–H and O–H groups in total. The normalized spacial score (nSPS) is 10.9. The predicted molar refractivity (Wildman–Crippen MR) is 54.1 cm³/mol. The van der Waals surface area contributed by atoms with Crippen molar-refractivity contribution in [3.05, 3.63) is 0 Å². The Balaban J connectivity index is 0. The van der Waals surface area contributed by atoms with Crippen molar-refractivity contribution in [1.29, 1.82) is 0 Å². The van der Waals surface area contributed by atoms with Gasteiger partial charge in [0.15, 0.2) is 0 Å². The molecule has 1 unspecified atom stereocenters. The minimum absolute atomic E-state index is 0.132. The fraction of sp³-hybridized carbons (Fsp3) is 0.800. The molecule has 0 aliphatic heterocycles. The van der Waals surface area contributed by atoms with Crippen molar-refractivity contribution in [2.24, 2.45) is 0 Å². The van der Waals surface area contributed by atoms with Gasteiger partial charge >= 0.3 is 5.97 Å². The molecule has 0 heterocycles. The highest BCUT2D eigenvalue weighted by Gasteiger charge is 2.02. The molecule has 0 amide bonds. The lowest BCUT2D eigenvalue weighted by Crippen LogP contribution is -2.17. The fourth-order valence-electron chi connectivity index (χ4n) is 0.552. The third-order valence-electron chi connectivity index (χ3n) is 1.27. The van der Waals surface area contributed by atoms with Gasteiger partial charge in [-0.15, -0.1) is 0 Å². The van der Waals surface area contributed by atoms with E-state index in [1.54, 1.807) is 21.0 Å². The van der Waals surface area contributed by atoms with E-state index in [0.717, 1.165) is 0 Å². The van der Waals surface area contributed by atoms with E-state index in [9.17, 15) is 9.59 Å². The second-order valence-electron chi connectivity index (χ2n) is 2.93. The van der Waals surface area contributed by atoms with Gasteiger partial charge < -0.3 is 14.3 Å². The van der Waals surface area contributed by atoms with E-state index in [2.05, 4.69) is 0 Å². The van der Waals surface area contributed by atoms with Crippen molar-refractivity contribution in [2.75, 3.05) is 13.7 Å². The Morgan fingerprint density at radius 1 is 1.29 bits per heavy atom. The van der Waals surface area contributed by atoms with Gasteiger partial charge in [-0.3, -0.25) is 4.79 Å². The summed E-state index contributed by atoms with van der Waals surface area (Å²) in [5, 5.41) is 0. The highest BCUT2D eigenvalue weighted by atomic mass is 16.6. The third-order valence-corrected chi connectivity index (χ3v) is 1.27. The number of carbonyl (C=O) groups excluding carboxylic acids is 2. The number of hydrogen-bond donors (Lipinski definition) is 0. The summed E-state index contributed by atoms with van der Waals surface area (Å²) >= 11 is 0. The SMILES string of the molecule is CCC(C)=O.COCC(C)OC(C)=O. The molecule has 0 fully saturated rings.